The summed E-state index contributed by atoms with van der Waals surface area (Å²) in [4.78, 5) is 12.7. The van der Waals surface area contributed by atoms with Crippen molar-refractivity contribution in [2.75, 3.05) is 29.0 Å². The van der Waals surface area contributed by atoms with Crippen LogP contribution in [0.3, 0.4) is 0 Å². The van der Waals surface area contributed by atoms with Crippen molar-refractivity contribution in [3.05, 3.63) is 102 Å². The molecule has 0 spiro atoms. The minimum Gasteiger partial charge on any atom is -0.466 e. The van der Waals surface area contributed by atoms with Gasteiger partial charge in [-0.1, -0.05) is 66.7 Å². The minimum absolute atomic E-state index is 0.173. The van der Waals surface area contributed by atoms with Gasteiger partial charge in [0, 0.05) is 29.8 Å². The topological polar surface area (TPSA) is 32.8 Å². The molecule has 0 aromatic heterocycles. The smallest absolute Gasteiger partial charge is 0.310 e. The third-order valence-electron chi connectivity index (χ3n) is 5.42. The molecular weight excluding hydrogens is 435 g/mol. The van der Waals surface area contributed by atoms with Crippen LogP contribution in [0, 0.1) is 0 Å². The van der Waals surface area contributed by atoms with Crippen LogP contribution in [0.1, 0.15) is 18.9 Å². The molecule has 0 bridgehead atoms. The summed E-state index contributed by atoms with van der Waals surface area (Å²) in [5.74, 6) is -0.244. The van der Waals surface area contributed by atoms with E-state index in [9.17, 15) is 4.79 Å². The first-order valence-electron chi connectivity index (χ1n) is 10.8. The molecule has 1 aliphatic rings. The zero-order valence-corrected chi connectivity index (χ0v) is 19.8. The summed E-state index contributed by atoms with van der Waals surface area (Å²) in [7, 11) is 0. The van der Waals surface area contributed by atoms with Crippen LogP contribution in [0.4, 0.5) is 11.4 Å². The van der Waals surface area contributed by atoms with Gasteiger partial charge in [-0.2, -0.15) is 0 Å². The largest absolute Gasteiger partial charge is 0.466 e. The van der Waals surface area contributed by atoms with Crippen molar-refractivity contribution < 1.29 is 9.53 Å². The molecule has 6 heteroatoms. The highest BCUT2D eigenvalue weighted by Gasteiger charge is 2.42. The molecule has 1 fully saturated rings. The van der Waals surface area contributed by atoms with Crippen LogP contribution in [0.5, 0.6) is 0 Å². The average Bonchev–Trinajstić information content (AvgIpc) is 3.19. The van der Waals surface area contributed by atoms with Crippen LogP contribution in [0.2, 0.25) is 0 Å². The van der Waals surface area contributed by atoms with Crippen LogP contribution in [-0.4, -0.2) is 25.7 Å². The standard InChI is InChI=1S/C26H27N2O2PS/c1-2-30-26(29)21-25(20-22-12-6-3-7-13-22)31(32)27(23-14-8-4-9-15-23)18-19-28(31)24-16-10-5-11-17-24/h3-17,20H,2,18-19,21H2,1H3/b25-20+. The van der Waals surface area contributed by atoms with Crippen molar-refractivity contribution in [3.8, 4) is 0 Å². The van der Waals surface area contributed by atoms with Gasteiger partial charge in [-0.15, -0.1) is 0 Å². The third-order valence-corrected chi connectivity index (χ3v) is 10.5. The lowest BCUT2D eigenvalue weighted by molar-refractivity contribution is -0.142. The third kappa shape index (κ3) is 4.64. The fourth-order valence-corrected chi connectivity index (χ4v) is 8.57. The summed E-state index contributed by atoms with van der Waals surface area (Å²) in [5, 5.41) is 0.933. The summed E-state index contributed by atoms with van der Waals surface area (Å²) in [6.07, 6.45) is -0.262. The lowest BCUT2D eigenvalue weighted by Gasteiger charge is -2.38. The number of hydrogen-bond donors (Lipinski definition) is 0. The molecule has 0 amide bonds. The van der Waals surface area contributed by atoms with Crippen LogP contribution >= 0.6 is 6.34 Å². The summed E-state index contributed by atoms with van der Waals surface area (Å²) < 4.78 is 10.00. The van der Waals surface area contributed by atoms with E-state index in [0.717, 1.165) is 35.3 Å². The molecule has 4 rings (SSSR count). The van der Waals surface area contributed by atoms with E-state index in [1.165, 1.54) is 0 Å². The van der Waals surface area contributed by atoms with Gasteiger partial charge >= 0.3 is 5.97 Å². The summed E-state index contributed by atoms with van der Waals surface area (Å²) in [5.41, 5.74) is 3.19. The highest BCUT2D eigenvalue weighted by atomic mass is 32.4. The molecule has 0 unspecified atom stereocenters. The maximum Gasteiger partial charge on any atom is 0.310 e. The molecule has 3 aromatic carbocycles. The molecule has 32 heavy (non-hydrogen) atoms. The van der Waals surface area contributed by atoms with E-state index in [4.69, 9.17) is 16.5 Å². The van der Waals surface area contributed by atoms with Crippen LogP contribution in [0.15, 0.2) is 96.3 Å². The molecule has 0 N–H and O–H groups in total. The van der Waals surface area contributed by atoms with E-state index < -0.39 is 6.34 Å². The van der Waals surface area contributed by atoms with Gasteiger partial charge < -0.3 is 14.1 Å². The Balaban J connectivity index is 1.87. The number of rotatable bonds is 7. The Morgan fingerprint density at radius 2 is 1.34 bits per heavy atom. The zero-order valence-electron chi connectivity index (χ0n) is 18.1. The van der Waals surface area contributed by atoms with Crippen LogP contribution in [-0.2, 0) is 21.3 Å². The molecule has 164 valence electrons. The lowest BCUT2D eigenvalue weighted by atomic mass is 10.2. The molecule has 4 nitrogen and oxygen atoms in total. The Bertz CT molecular complexity index is 1070. The fourth-order valence-electron chi connectivity index (χ4n) is 4.01. The second-order valence-corrected chi connectivity index (χ2v) is 11.6. The van der Waals surface area contributed by atoms with Crippen LogP contribution in [0.25, 0.3) is 6.08 Å². The summed E-state index contributed by atoms with van der Waals surface area (Å²) in [6.45, 7) is 3.78. The lowest BCUT2D eigenvalue weighted by Crippen LogP contribution is -2.21. The predicted octanol–water partition coefficient (Wildman–Crippen LogP) is 6.32. The number of carbonyl (C=O) groups is 1. The number of anilines is 2. The molecule has 3 aromatic rings. The molecular formula is C26H27N2O2PS. The Labute approximate surface area is 195 Å². The number of benzene rings is 3. The number of para-hydroxylation sites is 2. The van der Waals surface area contributed by atoms with E-state index in [2.05, 4.69) is 39.7 Å². The fraction of sp³-hybridized carbons (Fsp3) is 0.192. The average molecular weight is 463 g/mol. The number of hydrogen-bond acceptors (Lipinski definition) is 3. The Morgan fingerprint density at radius 3 is 1.81 bits per heavy atom. The van der Waals surface area contributed by atoms with Gasteiger partial charge in [0.2, 0.25) is 0 Å². The highest BCUT2D eigenvalue weighted by Crippen LogP contribution is 2.67. The zero-order chi connectivity index (χ0) is 22.4. The van der Waals surface area contributed by atoms with Crippen LogP contribution < -0.4 is 9.34 Å². The SMILES string of the molecule is CCOC(=O)C/C(=C\c1ccccc1)P1(=S)N(c2ccccc2)CCN1c1ccccc1. The summed E-state index contributed by atoms with van der Waals surface area (Å²) in [6, 6.07) is 30.6. The number of nitrogens with zero attached hydrogens (tertiary/aromatic N) is 2. The number of carbonyl (C=O) groups excluding carboxylic acids is 1. The molecule has 0 atom stereocenters. The summed E-state index contributed by atoms with van der Waals surface area (Å²) >= 11 is 6.58. The molecule has 0 radical (unpaired) electrons. The minimum atomic E-state index is -2.53. The molecule has 0 aliphatic carbocycles. The van der Waals surface area contributed by atoms with Crippen molar-refractivity contribution in [2.24, 2.45) is 0 Å². The number of ether oxygens (including phenoxy) is 1. The van der Waals surface area contributed by atoms with Gasteiger partial charge in [-0.25, -0.2) is 0 Å². The van der Waals surface area contributed by atoms with Gasteiger partial charge in [0.1, 0.15) is 6.34 Å². The van der Waals surface area contributed by atoms with Crippen molar-refractivity contribution in [1.82, 2.24) is 0 Å². The Morgan fingerprint density at radius 1 is 0.875 bits per heavy atom. The normalized spacial score (nSPS) is 15.6. The molecule has 1 aliphatic heterocycles. The van der Waals surface area contributed by atoms with Gasteiger partial charge in [0.15, 0.2) is 0 Å². The van der Waals surface area contributed by atoms with Crippen molar-refractivity contribution in [3.63, 3.8) is 0 Å². The van der Waals surface area contributed by atoms with Gasteiger partial charge in [0.05, 0.1) is 13.0 Å². The second-order valence-electron chi connectivity index (χ2n) is 7.49. The first kappa shape index (κ1) is 22.3. The quantitative estimate of drug-likeness (QED) is 0.303. The van der Waals surface area contributed by atoms with E-state index in [0.29, 0.717) is 6.61 Å². The van der Waals surface area contributed by atoms with Gasteiger partial charge in [-0.3, -0.25) is 4.79 Å². The predicted molar refractivity (Wildman–Crippen MR) is 138 cm³/mol. The van der Waals surface area contributed by atoms with E-state index in [1.807, 2.05) is 73.7 Å². The molecule has 0 saturated carbocycles. The Hall–Kier alpha value is -2.88. The van der Waals surface area contributed by atoms with Crippen molar-refractivity contribution in [2.45, 2.75) is 13.3 Å². The first-order chi connectivity index (χ1) is 15.6. The monoisotopic (exact) mass is 462 g/mol. The molecule has 1 heterocycles. The maximum atomic E-state index is 12.7. The maximum absolute atomic E-state index is 12.7. The van der Waals surface area contributed by atoms with Gasteiger partial charge in [0.25, 0.3) is 0 Å². The highest BCUT2D eigenvalue weighted by molar-refractivity contribution is 8.18. The van der Waals surface area contributed by atoms with Gasteiger partial charge in [-0.05, 0) is 54.6 Å². The van der Waals surface area contributed by atoms with E-state index >= 15 is 0 Å². The van der Waals surface area contributed by atoms with E-state index in [-0.39, 0.29) is 12.4 Å². The molecule has 1 saturated heterocycles. The second kappa shape index (κ2) is 10.2. The van der Waals surface area contributed by atoms with Crippen molar-refractivity contribution >= 4 is 41.6 Å². The van der Waals surface area contributed by atoms with Crippen molar-refractivity contribution in [1.29, 1.82) is 0 Å². The number of esters is 1. The first-order valence-corrected chi connectivity index (χ1v) is 13.5. The Kier molecular flexibility index (Phi) is 7.09. The van der Waals surface area contributed by atoms with E-state index in [1.54, 1.807) is 0 Å².